The molecule has 0 bridgehead atoms. The van der Waals surface area contributed by atoms with E-state index in [-0.39, 0.29) is 17.9 Å². The molecule has 0 radical (unpaired) electrons. The van der Waals surface area contributed by atoms with Gasteiger partial charge in [0.2, 0.25) is 5.91 Å². The number of carbonyl (C=O) groups excluding carboxylic acids is 2. The minimum atomic E-state index is -0.612. The molecule has 0 saturated carbocycles. The van der Waals surface area contributed by atoms with Crippen LogP contribution in [-0.2, 0) is 9.53 Å². The van der Waals surface area contributed by atoms with Gasteiger partial charge in [0.15, 0.2) is 0 Å². The van der Waals surface area contributed by atoms with E-state index in [9.17, 15) is 9.59 Å². The number of hydrogen-bond acceptors (Lipinski definition) is 4. The zero-order valence-electron chi connectivity index (χ0n) is 16.3. The first-order chi connectivity index (χ1) is 12.4. The molecule has 2 amide bonds. The fourth-order valence-electron chi connectivity index (χ4n) is 3.41. The van der Waals surface area contributed by atoms with Crippen LogP contribution in [0.15, 0.2) is 12.3 Å². The van der Waals surface area contributed by atoms with Gasteiger partial charge in [0.1, 0.15) is 11.9 Å². The average Bonchev–Trinajstić information content (AvgIpc) is 3.28. The summed E-state index contributed by atoms with van der Waals surface area (Å²) in [7, 11) is 1.30. The van der Waals surface area contributed by atoms with E-state index in [0.29, 0.717) is 6.54 Å². The number of methoxy groups -OCH3 is 1. The predicted octanol–water partition coefficient (Wildman–Crippen LogP) is 3.27. The Morgan fingerprint density at radius 2 is 2.23 bits per heavy atom. The molecule has 2 heterocycles. The zero-order valence-corrected chi connectivity index (χ0v) is 16.3. The van der Waals surface area contributed by atoms with Crippen LogP contribution in [0, 0.1) is 5.92 Å². The summed E-state index contributed by atoms with van der Waals surface area (Å²) in [6.45, 7) is 8.60. The lowest BCUT2D eigenvalue weighted by Crippen LogP contribution is -2.51. The van der Waals surface area contributed by atoms with Crippen LogP contribution in [0.25, 0.3) is 5.57 Å². The van der Waals surface area contributed by atoms with E-state index >= 15 is 0 Å². The maximum absolute atomic E-state index is 13.1. The highest BCUT2D eigenvalue weighted by atomic mass is 16.5. The van der Waals surface area contributed by atoms with Gasteiger partial charge in [-0.25, -0.2) is 9.78 Å². The quantitative estimate of drug-likeness (QED) is 0.813. The number of aromatic amines is 1. The molecule has 2 N–H and O–H groups in total. The fourth-order valence-corrected chi connectivity index (χ4v) is 3.41. The first-order valence-corrected chi connectivity index (χ1v) is 9.28. The number of nitrogens with zero attached hydrogens (tertiary/aromatic N) is 2. The Morgan fingerprint density at radius 1 is 1.50 bits per heavy atom. The fraction of sp³-hybridized carbons (Fsp3) is 0.632. The van der Waals surface area contributed by atoms with Crippen LogP contribution in [0.5, 0.6) is 0 Å². The summed E-state index contributed by atoms with van der Waals surface area (Å²) in [5.41, 5.74) is 2.20. The summed E-state index contributed by atoms with van der Waals surface area (Å²) in [5, 5.41) is 2.66. The maximum Gasteiger partial charge on any atom is 0.407 e. The number of amides is 2. The van der Waals surface area contributed by atoms with Gasteiger partial charge in [0, 0.05) is 6.54 Å². The van der Waals surface area contributed by atoms with E-state index in [2.05, 4.69) is 33.0 Å². The number of imidazole rings is 1. The van der Waals surface area contributed by atoms with Gasteiger partial charge in [-0.1, -0.05) is 26.8 Å². The molecule has 1 aromatic rings. The minimum Gasteiger partial charge on any atom is -0.453 e. The Hall–Kier alpha value is -2.31. The highest BCUT2D eigenvalue weighted by molar-refractivity contribution is 5.86. The summed E-state index contributed by atoms with van der Waals surface area (Å²) in [4.78, 5) is 34.4. The van der Waals surface area contributed by atoms with Crippen molar-refractivity contribution in [2.75, 3.05) is 13.7 Å². The molecular formula is C19H30N4O3. The molecule has 2 rings (SSSR count). The van der Waals surface area contributed by atoms with E-state index in [1.54, 1.807) is 0 Å². The Kier molecular flexibility index (Phi) is 6.83. The Balaban J connectivity index is 2.21. The molecule has 1 aliphatic rings. The van der Waals surface area contributed by atoms with E-state index in [1.165, 1.54) is 12.7 Å². The van der Waals surface area contributed by atoms with Crippen molar-refractivity contribution in [3.8, 4) is 0 Å². The summed E-state index contributed by atoms with van der Waals surface area (Å²) >= 11 is 0. The lowest BCUT2D eigenvalue weighted by molar-refractivity contribution is -0.135. The number of carbonyl (C=O) groups is 2. The predicted molar refractivity (Wildman–Crippen MR) is 100 cm³/mol. The zero-order chi connectivity index (χ0) is 19.3. The summed E-state index contributed by atoms with van der Waals surface area (Å²) < 4.78 is 4.66. The van der Waals surface area contributed by atoms with Crippen LogP contribution in [0.4, 0.5) is 4.79 Å². The van der Waals surface area contributed by atoms with Gasteiger partial charge >= 0.3 is 6.09 Å². The molecular weight excluding hydrogens is 332 g/mol. The van der Waals surface area contributed by atoms with Crippen LogP contribution in [0.1, 0.15) is 64.5 Å². The van der Waals surface area contributed by atoms with E-state index < -0.39 is 12.1 Å². The Labute approximate surface area is 155 Å². The SMILES string of the molecule is CC=C(CC)c1cnc(C2CCCN2C(=O)C(NC(=O)OC)C(C)C)[nH]1. The van der Waals surface area contributed by atoms with Crippen molar-refractivity contribution in [2.45, 2.75) is 59.0 Å². The van der Waals surface area contributed by atoms with E-state index in [0.717, 1.165) is 30.8 Å². The van der Waals surface area contributed by atoms with Crippen LogP contribution >= 0.6 is 0 Å². The van der Waals surface area contributed by atoms with Crippen molar-refractivity contribution in [3.63, 3.8) is 0 Å². The number of rotatable bonds is 6. The van der Waals surface area contributed by atoms with Gasteiger partial charge in [-0.15, -0.1) is 0 Å². The molecule has 1 aromatic heterocycles. The van der Waals surface area contributed by atoms with Gasteiger partial charge in [-0.2, -0.15) is 0 Å². The molecule has 0 spiro atoms. The number of likely N-dealkylation sites (tertiary alicyclic amines) is 1. The number of ether oxygens (including phenoxy) is 1. The second kappa shape index (κ2) is 8.87. The first kappa shape index (κ1) is 20.0. The van der Waals surface area contributed by atoms with Crippen molar-refractivity contribution in [3.05, 3.63) is 23.8 Å². The summed E-state index contributed by atoms with van der Waals surface area (Å²) in [5.74, 6) is 0.677. The highest BCUT2D eigenvalue weighted by Gasteiger charge is 2.37. The Morgan fingerprint density at radius 3 is 2.81 bits per heavy atom. The molecule has 2 unspecified atom stereocenters. The minimum absolute atomic E-state index is 0.0373. The topological polar surface area (TPSA) is 87.3 Å². The summed E-state index contributed by atoms with van der Waals surface area (Å²) in [6, 6.07) is -0.703. The second-order valence-corrected chi connectivity index (χ2v) is 6.90. The van der Waals surface area contributed by atoms with E-state index in [1.807, 2.05) is 31.9 Å². The number of allylic oxidation sites excluding steroid dienone is 2. The Bertz CT molecular complexity index is 665. The molecule has 0 aromatic carbocycles. The lowest BCUT2D eigenvalue weighted by atomic mass is 10.0. The van der Waals surface area contributed by atoms with Crippen LogP contribution in [0.2, 0.25) is 0 Å². The van der Waals surface area contributed by atoms with E-state index in [4.69, 9.17) is 0 Å². The van der Waals surface area contributed by atoms with Crippen LogP contribution in [0.3, 0.4) is 0 Å². The van der Waals surface area contributed by atoms with Gasteiger partial charge in [0.05, 0.1) is 25.0 Å². The molecule has 2 atom stereocenters. The van der Waals surface area contributed by atoms with Gasteiger partial charge in [0.25, 0.3) is 0 Å². The van der Waals surface area contributed by atoms with Gasteiger partial charge in [-0.3, -0.25) is 4.79 Å². The smallest absolute Gasteiger partial charge is 0.407 e. The average molecular weight is 362 g/mol. The van der Waals surface area contributed by atoms with Crippen LogP contribution in [-0.4, -0.2) is 46.6 Å². The third-order valence-electron chi connectivity index (χ3n) is 4.91. The molecule has 144 valence electrons. The monoisotopic (exact) mass is 362 g/mol. The standard InChI is InChI=1S/C19H30N4O3/c1-6-13(7-2)14-11-20-17(21-14)15-9-8-10-23(15)18(24)16(12(3)4)22-19(25)26-5/h6,11-12,15-16H,7-10H2,1-5H3,(H,20,21)(H,22,25). The number of H-pyrrole nitrogens is 1. The molecule has 0 aliphatic carbocycles. The molecule has 7 heteroatoms. The maximum atomic E-state index is 13.1. The highest BCUT2D eigenvalue weighted by Crippen LogP contribution is 2.32. The third-order valence-corrected chi connectivity index (χ3v) is 4.91. The molecule has 26 heavy (non-hydrogen) atoms. The second-order valence-electron chi connectivity index (χ2n) is 6.90. The normalized spacial score (nSPS) is 18.9. The van der Waals surface area contributed by atoms with Gasteiger partial charge < -0.3 is 19.9 Å². The van der Waals surface area contributed by atoms with Crippen molar-refractivity contribution in [1.29, 1.82) is 0 Å². The van der Waals surface area contributed by atoms with Crippen molar-refractivity contribution < 1.29 is 14.3 Å². The third kappa shape index (κ3) is 4.26. The number of hydrogen-bond donors (Lipinski definition) is 2. The number of alkyl carbamates (subject to hydrolysis) is 1. The number of nitrogens with one attached hydrogen (secondary N) is 2. The molecule has 1 aliphatic heterocycles. The van der Waals surface area contributed by atoms with Crippen molar-refractivity contribution in [2.24, 2.45) is 5.92 Å². The number of aromatic nitrogens is 2. The molecule has 7 nitrogen and oxygen atoms in total. The van der Waals surface area contributed by atoms with Crippen molar-refractivity contribution >= 4 is 17.6 Å². The van der Waals surface area contributed by atoms with Crippen molar-refractivity contribution in [1.82, 2.24) is 20.2 Å². The summed E-state index contributed by atoms with van der Waals surface area (Å²) in [6.07, 6.45) is 6.02. The van der Waals surface area contributed by atoms with Crippen LogP contribution < -0.4 is 5.32 Å². The molecule has 1 fully saturated rings. The largest absolute Gasteiger partial charge is 0.453 e. The lowest BCUT2D eigenvalue weighted by Gasteiger charge is -2.30. The first-order valence-electron chi connectivity index (χ1n) is 9.28. The molecule has 1 saturated heterocycles. The van der Waals surface area contributed by atoms with Gasteiger partial charge in [-0.05, 0) is 37.7 Å².